The molecule has 7 nitrogen and oxygen atoms in total. The number of ether oxygens (including phenoxy) is 2. The number of anilines is 1. The zero-order valence-corrected chi connectivity index (χ0v) is 14.2. The molecule has 0 aliphatic heterocycles. The van der Waals surface area contributed by atoms with Crippen molar-refractivity contribution in [2.24, 2.45) is 0 Å². The Labute approximate surface area is 150 Å². The highest BCUT2D eigenvalue weighted by Crippen LogP contribution is 2.32. The fourth-order valence-corrected chi connectivity index (χ4v) is 2.47. The molecule has 0 fully saturated rings. The van der Waals surface area contributed by atoms with Gasteiger partial charge in [-0.1, -0.05) is 12.1 Å². The van der Waals surface area contributed by atoms with E-state index < -0.39 is 0 Å². The first-order valence-corrected chi connectivity index (χ1v) is 7.74. The van der Waals surface area contributed by atoms with Gasteiger partial charge in [-0.15, -0.1) is 0 Å². The monoisotopic (exact) mass is 348 g/mol. The number of rotatable bonds is 5. The first-order chi connectivity index (χ1) is 12.7. The van der Waals surface area contributed by atoms with Crippen LogP contribution in [0.4, 0.5) is 5.69 Å². The molecule has 0 atom stereocenters. The third-order valence-corrected chi connectivity index (χ3v) is 3.80. The zero-order valence-electron chi connectivity index (χ0n) is 14.2. The Bertz CT molecular complexity index is 988. The lowest BCUT2D eigenvalue weighted by atomic mass is 10.1. The molecule has 7 heteroatoms. The van der Waals surface area contributed by atoms with Crippen molar-refractivity contribution in [1.29, 1.82) is 5.26 Å². The highest BCUT2D eigenvalue weighted by atomic mass is 16.5. The number of nitrogens with zero attached hydrogens (tertiary/aromatic N) is 2. The molecular weight excluding hydrogens is 332 g/mol. The molecule has 0 spiro atoms. The number of amides is 1. The number of aromatic amines is 1. The van der Waals surface area contributed by atoms with Crippen LogP contribution in [0.5, 0.6) is 11.5 Å². The summed E-state index contributed by atoms with van der Waals surface area (Å²) in [6, 6.07) is 15.8. The van der Waals surface area contributed by atoms with Gasteiger partial charge >= 0.3 is 0 Å². The highest BCUT2D eigenvalue weighted by Gasteiger charge is 2.15. The molecule has 1 aromatic heterocycles. The quantitative estimate of drug-likeness (QED) is 0.737. The van der Waals surface area contributed by atoms with Gasteiger partial charge in [0.2, 0.25) is 0 Å². The van der Waals surface area contributed by atoms with Crippen molar-refractivity contribution in [3.05, 3.63) is 59.8 Å². The first-order valence-electron chi connectivity index (χ1n) is 7.74. The van der Waals surface area contributed by atoms with Gasteiger partial charge in [0.05, 0.1) is 31.2 Å². The Morgan fingerprint density at radius 2 is 1.96 bits per heavy atom. The minimum absolute atomic E-state index is 0.269. The summed E-state index contributed by atoms with van der Waals surface area (Å²) in [6.45, 7) is 0. The van der Waals surface area contributed by atoms with E-state index in [1.165, 1.54) is 0 Å². The van der Waals surface area contributed by atoms with Crippen LogP contribution in [0.25, 0.3) is 11.3 Å². The number of benzene rings is 2. The van der Waals surface area contributed by atoms with Gasteiger partial charge in [0, 0.05) is 11.6 Å². The molecule has 0 saturated carbocycles. The number of carbonyl (C=O) groups is 1. The molecular formula is C19H16N4O3. The van der Waals surface area contributed by atoms with E-state index in [1.54, 1.807) is 62.8 Å². The number of carbonyl (C=O) groups excluding carboxylic acids is 1. The van der Waals surface area contributed by atoms with E-state index in [0.717, 1.165) is 5.56 Å². The van der Waals surface area contributed by atoms with Crippen molar-refractivity contribution in [2.75, 3.05) is 19.5 Å². The average molecular weight is 348 g/mol. The third-order valence-electron chi connectivity index (χ3n) is 3.80. The van der Waals surface area contributed by atoms with Crippen molar-refractivity contribution in [2.45, 2.75) is 0 Å². The highest BCUT2D eigenvalue weighted by molar-refractivity contribution is 6.04. The average Bonchev–Trinajstić information content (AvgIpc) is 3.18. The third kappa shape index (κ3) is 3.35. The summed E-state index contributed by atoms with van der Waals surface area (Å²) in [5, 5.41) is 18.7. The second-order valence-electron chi connectivity index (χ2n) is 5.34. The molecule has 0 saturated heterocycles. The summed E-state index contributed by atoms with van der Waals surface area (Å²) in [6.07, 6.45) is 0. The van der Waals surface area contributed by atoms with E-state index in [2.05, 4.69) is 15.5 Å². The molecule has 2 N–H and O–H groups in total. The van der Waals surface area contributed by atoms with Gasteiger partial charge in [-0.2, -0.15) is 10.4 Å². The number of methoxy groups -OCH3 is 2. The second kappa shape index (κ2) is 7.40. The van der Waals surface area contributed by atoms with Crippen LogP contribution in [0.15, 0.2) is 48.5 Å². The zero-order chi connectivity index (χ0) is 18.5. The summed E-state index contributed by atoms with van der Waals surface area (Å²) in [7, 11) is 3.13. The van der Waals surface area contributed by atoms with Crippen LogP contribution in [0, 0.1) is 11.3 Å². The van der Waals surface area contributed by atoms with Crippen LogP contribution in [-0.4, -0.2) is 30.3 Å². The van der Waals surface area contributed by atoms with E-state index >= 15 is 0 Å². The van der Waals surface area contributed by atoms with Crippen molar-refractivity contribution >= 4 is 11.6 Å². The molecule has 130 valence electrons. The maximum Gasteiger partial charge on any atom is 0.273 e. The van der Waals surface area contributed by atoms with Crippen LogP contribution < -0.4 is 14.8 Å². The van der Waals surface area contributed by atoms with E-state index in [0.29, 0.717) is 28.4 Å². The minimum Gasteiger partial charge on any atom is -0.497 e. The van der Waals surface area contributed by atoms with Crippen LogP contribution in [0.2, 0.25) is 0 Å². The second-order valence-corrected chi connectivity index (χ2v) is 5.34. The number of para-hydroxylation sites is 1. The molecule has 3 aromatic rings. The SMILES string of the molecule is COc1ccc(-c2cc(C(=O)Nc3ccccc3C#N)[nH]n2)c(OC)c1. The van der Waals surface area contributed by atoms with Crippen molar-refractivity contribution < 1.29 is 14.3 Å². The van der Waals surface area contributed by atoms with Gasteiger partial charge in [0.25, 0.3) is 5.91 Å². The smallest absolute Gasteiger partial charge is 0.273 e. The summed E-state index contributed by atoms with van der Waals surface area (Å²) in [5.74, 6) is 0.851. The Morgan fingerprint density at radius 1 is 1.15 bits per heavy atom. The van der Waals surface area contributed by atoms with Crippen molar-refractivity contribution in [3.8, 4) is 28.8 Å². The standard InChI is InChI=1S/C19H16N4O3/c1-25-13-7-8-14(18(9-13)26-2)16-10-17(23-22-16)19(24)21-15-6-4-3-5-12(15)11-20/h3-10H,1-2H3,(H,21,24)(H,22,23). The van der Waals surface area contributed by atoms with Gasteiger partial charge in [-0.25, -0.2) is 0 Å². The maximum absolute atomic E-state index is 12.4. The van der Waals surface area contributed by atoms with Crippen LogP contribution >= 0.6 is 0 Å². The fraction of sp³-hybridized carbons (Fsp3) is 0.105. The topological polar surface area (TPSA) is 100 Å². The van der Waals surface area contributed by atoms with Crippen LogP contribution in [0.1, 0.15) is 16.1 Å². The largest absolute Gasteiger partial charge is 0.497 e. The van der Waals surface area contributed by atoms with E-state index in [1.807, 2.05) is 6.07 Å². The number of aromatic nitrogens is 2. The molecule has 0 aliphatic rings. The lowest BCUT2D eigenvalue weighted by Crippen LogP contribution is -2.13. The summed E-state index contributed by atoms with van der Waals surface area (Å²) in [4.78, 5) is 12.4. The molecule has 26 heavy (non-hydrogen) atoms. The lowest BCUT2D eigenvalue weighted by molar-refractivity contribution is 0.102. The van der Waals surface area contributed by atoms with E-state index in [-0.39, 0.29) is 11.6 Å². The number of hydrogen-bond acceptors (Lipinski definition) is 5. The molecule has 0 radical (unpaired) electrons. The molecule has 0 unspecified atom stereocenters. The van der Waals surface area contributed by atoms with Crippen LogP contribution in [0.3, 0.4) is 0 Å². The first kappa shape index (κ1) is 17.0. The van der Waals surface area contributed by atoms with Crippen molar-refractivity contribution in [1.82, 2.24) is 10.2 Å². The Kier molecular flexibility index (Phi) is 4.85. The summed E-state index contributed by atoms with van der Waals surface area (Å²) >= 11 is 0. The molecule has 3 rings (SSSR count). The van der Waals surface area contributed by atoms with Gasteiger partial charge in [0.15, 0.2) is 0 Å². The summed E-state index contributed by atoms with van der Waals surface area (Å²) < 4.78 is 10.5. The van der Waals surface area contributed by atoms with Crippen LogP contribution in [-0.2, 0) is 0 Å². The Morgan fingerprint density at radius 3 is 2.69 bits per heavy atom. The Balaban J connectivity index is 1.86. The number of hydrogen-bond donors (Lipinski definition) is 2. The van der Waals surface area contributed by atoms with E-state index in [9.17, 15) is 4.79 Å². The van der Waals surface area contributed by atoms with E-state index in [4.69, 9.17) is 14.7 Å². The number of nitriles is 1. The molecule has 0 aliphatic carbocycles. The molecule has 1 heterocycles. The maximum atomic E-state index is 12.4. The minimum atomic E-state index is -0.390. The van der Waals surface area contributed by atoms with Gasteiger partial charge < -0.3 is 14.8 Å². The van der Waals surface area contributed by atoms with Crippen molar-refractivity contribution in [3.63, 3.8) is 0 Å². The van der Waals surface area contributed by atoms with Gasteiger partial charge in [0.1, 0.15) is 23.3 Å². The predicted octanol–water partition coefficient (Wildman–Crippen LogP) is 3.22. The van der Waals surface area contributed by atoms with Gasteiger partial charge in [-0.3, -0.25) is 9.89 Å². The lowest BCUT2D eigenvalue weighted by Gasteiger charge is -2.08. The summed E-state index contributed by atoms with van der Waals surface area (Å²) in [5.41, 5.74) is 2.38. The number of H-pyrrole nitrogens is 1. The number of nitrogens with one attached hydrogen (secondary N) is 2. The normalized spacial score (nSPS) is 10.0. The predicted molar refractivity (Wildman–Crippen MR) is 96.2 cm³/mol. The fourth-order valence-electron chi connectivity index (χ4n) is 2.47. The van der Waals surface area contributed by atoms with Gasteiger partial charge in [-0.05, 0) is 30.3 Å². The molecule has 2 aromatic carbocycles. The molecule has 1 amide bonds. The Hall–Kier alpha value is -3.79. The molecule has 0 bridgehead atoms.